The first-order valence-electron chi connectivity index (χ1n) is 7.39. The van der Waals surface area contributed by atoms with E-state index in [2.05, 4.69) is 0 Å². The number of esters is 1. The maximum absolute atomic E-state index is 12.4. The highest BCUT2D eigenvalue weighted by Gasteiger charge is 2.40. The van der Waals surface area contributed by atoms with Gasteiger partial charge in [-0.25, -0.2) is 0 Å². The minimum atomic E-state index is -1.34. The molecule has 0 saturated carbocycles. The molecule has 0 aliphatic rings. The van der Waals surface area contributed by atoms with Gasteiger partial charge in [-0.15, -0.1) is 0 Å². The Balaban J connectivity index is 2.34. The van der Waals surface area contributed by atoms with Gasteiger partial charge in [0.25, 0.3) is 6.04 Å². The molecule has 0 bridgehead atoms. The molecule has 0 heterocycles. The van der Waals surface area contributed by atoms with Crippen molar-refractivity contribution in [2.45, 2.75) is 12.5 Å². The Morgan fingerprint density at radius 2 is 1.58 bits per heavy atom. The number of nitrogens with zero attached hydrogens (tertiary/aromatic N) is 1. The van der Waals surface area contributed by atoms with E-state index >= 15 is 0 Å². The molecule has 2 atom stereocenters. The molecule has 0 fully saturated rings. The number of hydrogen-bond acceptors (Lipinski definition) is 5. The second-order valence-corrected chi connectivity index (χ2v) is 5.26. The topological polar surface area (TPSA) is 86.5 Å². The van der Waals surface area contributed by atoms with Gasteiger partial charge < -0.3 is 4.74 Å². The van der Waals surface area contributed by atoms with Crippen LogP contribution in [0.25, 0.3) is 0 Å². The average molecular weight is 327 g/mol. The van der Waals surface area contributed by atoms with Gasteiger partial charge >= 0.3 is 5.97 Å². The van der Waals surface area contributed by atoms with Gasteiger partial charge in [0, 0.05) is 22.5 Å². The first-order valence-corrected chi connectivity index (χ1v) is 7.39. The van der Waals surface area contributed by atoms with Gasteiger partial charge in [-0.05, 0) is 0 Å². The summed E-state index contributed by atoms with van der Waals surface area (Å²) in [6.07, 6.45) is -0.294. The van der Waals surface area contributed by atoms with Crippen molar-refractivity contribution in [2.75, 3.05) is 7.11 Å². The van der Waals surface area contributed by atoms with Crippen molar-refractivity contribution < 1.29 is 19.2 Å². The lowest BCUT2D eigenvalue weighted by atomic mass is 9.88. The summed E-state index contributed by atoms with van der Waals surface area (Å²) in [7, 11) is 1.16. The highest BCUT2D eigenvalue weighted by molar-refractivity contribution is 5.98. The van der Waals surface area contributed by atoms with Crippen LogP contribution >= 0.6 is 0 Å². The minimum absolute atomic E-state index is 0.294. The average Bonchev–Trinajstić information content (AvgIpc) is 2.61. The number of methoxy groups -OCH3 is 1. The molecule has 0 radical (unpaired) electrons. The fraction of sp³-hybridized carbons (Fsp3) is 0.222. The molecule has 6 nitrogen and oxygen atoms in total. The Bertz CT molecular complexity index is 715. The first kappa shape index (κ1) is 17.3. The largest absolute Gasteiger partial charge is 0.469 e. The Kier molecular flexibility index (Phi) is 5.78. The first-order chi connectivity index (χ1) is 11.5. The SMILES string of the molecule is COC(=O)C(CC(=O)c1ccccc1)C(c1ccccc1)[N+](=O)[O-]. The molecule has 2 aromatic carbocycles. The number of rotatable bonds is 7. The van der Waals surface area contributed by atoms with Crippen LogP contribution in [0, 0.1) is 16.0 Å². The molecule has 0 amide bonds. The van der Waals surface area contributed by atoms with Crippen LogP contribution in [-0.4, -0.2) is 23.8 Å². The van der Waals surface area contributed by atoms with Crippen LogP contribution in [0.2, 0.25) is 0 Å². The van der Waals surface area contributed by atoms with Crippen LogP contribution in [0.3, 0.4) is 0 Å². The number of hydrogen-bond donors (Lipinski definition) is 0. The van der Waals surface area contributed by atoms with E-state index in [4.69, 9.17) is 4.74 Å². The summed E-state index contributed by atoms with van der Waals surface area (Å²) in [4.78, 5) is 35.5. The van der Waals surface area contributed by atoms with Crippen molar-refractivity contribution in [3.05, 3.63) is 81.9 Å². The fourth-order valence-corrected chi connectivity index (χ4v) is 2.57. The van der Waals surface area contributed by atoms with Gasteiger partial charge in [0.2, 0.25) is 0 Å². The van der Waals surface area contributed by atoms with E-state index in [-0.39, 0.29) is 12.2 Å². The molecule has 0 N–H and O–H groups in total. The van der Waals surface area contributed by atoms with E-state index in [1.165, 1.54) is 0 Å². The zero-order valence-corrected chi connectivity index (χ0v) is 13.1. The highest BCUT2D eigenvalue weighted by Crippen LogP contribution is 2.30. The molecular formula is C18H17NO5. The van der Waals surface area contributed by atoms with Crippen molar-refractivity contribution >= 4 is 11.8 Å². The highest BCUT2D eigenvalue weighted by atomic mass is 16.6. The number of Topliss-reactive ketones (excluding diaryl/α,β-unsaturated/α-hetero) is 1. The number of ether oxygens (including phenoxy) is 1. The lowest BCUT2D eigenvalue weighted by Crippen LogP contribution is -2.31. The Morgan fingerprint density at radius 3 is 2.08 bits per heavy atom. The maximum Gasteiger partial charge on any atom is 0.316 e. The summed E-state index contributed by atoms with van der Waals surface area (Å²) in [5, 5.41) is 11.6. The lowest BCUT2D eigenvalue weighted by Gasteiger charge is -2.18. The molecule has 6 heteroatoms. The van der Waals surface area contributed by atoms with Gasteiger partial charge in [0.15, 0.2) is 5.78 Å². The van der Waals surface area contributed by atoms with E-state index in [0.29, 0.717) is 11.1 Å². The number of ketones is 1. The Morgan fingerprint density at radius 1 is 1.04 bits per heavy atom. The third kappa shape index (κ3) is 4.04. The second-order valence-electron chi connectivity index (χ2n) is 5.26. The summed E-state index contributed by atoms with van der Waals surface area (Å²) in [5.74, 6) is -2.31. The molecule has 0 spiro atoms. The fourth-order valence-electron chi connectivity index (χ4n) is 2.57. The van der Waals surface area contributed by atoms with Crippen molar-refractivity contribution in [1.82, 2.24) is 0 Å². The van der Waals surface area contributed by atoms with Gasteiger partial charge in [-0.3, -0.25) is 19.7 Å². The molecule has 0 aliphatic carbocycles. The molecule has 0 aliphatic heterocycles. The van der Waals surface area contributed by atoms with Crippen molar-refractivity contribution in [3.8, 4) is 0 Å². The van der Waals surface area contributed by atoms with Crippen LogP contribution < -0.4 is 0 Å². The molecule has 124 valence electrons. The molecular weight excluding hydrogens is 310 g/mol. The van der Waals surface area contributed by atoms with E-state index in [1.54, 1.807) is 60.7 Å². The number of carbonyl (C=O) groups excluding carboxylic acids is 2. The predicted molar refractivity (Wildman–Crippen MR) is 87.1 cm³/mol. The van der Waals surface area contributed by atoms with Crippen molar-refractivity contribution in [2.24, 2.45) is 5.92 Å². The maximum atomic E-state index is 12.4. The van der Waals surface area contributed by atoms with Gasteiger partial charge in [0.1, 0.15) is 5.92 Å². The van der Waals surface area contributed by atoms with Gasteiger partial charge in [0.05, 0.1) is 7.11 Å². The summed E-state index contributed by atoms with van der Waals surface area (Å²) >= 11 is 0. The summed E-state index contributed by atoms with van der Waals surface area (Å²) < 4.78 is 4.71. The molecule has 0 saturated heterocycles. The molecule has 2 aromatic rings. The van der Waals surface area contributed by atoms with Crippen LogP contribution in [0.4, 0.5) is 0 Å². The van der Waals surface area contributed by atoms with E-state index < -0.39 is 22.9 Å². The quantitative estimate of drug-likeness (QED) is 0.337. The standard InChI is InChI=1S/C18H17NO5/c1-24-18(21)15(12-16(20)13-8-4-2-5-9-13)17(19(22)23)14-10-6-3-7-11-14/h2-11,15,17H,12H2,1H3. The zero-order chi connectivity index (χ0) is 17.5. The van der Waals surface area contributed by atoms with Crippen LogP contribution in [0.5, 0.6) is 0 Å². The number of carbonyl (C=O) groups is 2. The molecule has 2 rings (SSSR count). The number of benzene rings is 2. The lowest BCUT2D eigenvalue weighted by molar-refractivity contribution is -0.536. The number of nitro groups is 1. The summed E-state index contributed by atoms with van der Waals surface area (Å²) in [6, 6.07) is 15.2. The summed E-state index contributed by atoms with van der Waals surface area (Å²) in [5.41, 5.74) is 0.764. The molecule has 24 heavy (non-hydrogen) atoms. The zero-order valence-electron chi connectivity index (χ0n) is 13.1. The van der Waals surface area contributed by atoms with Gasteiger partial charge in [-0.2, -0.15) is 0 Å². The smallest absolute Gasteiger partial charge is 0.316 e. The second kappa shape index (κ2) is 8.01. The minimum Gasteiger partial charge on any atom is -0.469 e. The van der Waals surface area contributed by atoms with Crippen LogP contribution in [-0.2, 0) is 9.53 Å². The molecule has 2 unspecified atom stereocenters. The predicted octanol–water partition coefficient (Wildman–Crippen LogP) is 3.07. The van der Waals surface area contributed by atoms with Crippen molar-refractivity contribution in [3.63, 3.8) is 0 Å². The van der Waals surface area contributed by atoms with E-state index in [9.17, 15) is 19.7 Å². The molecule has 0 aromatic heterocycles. The Labute approximate surface area is 139 Å². The van der Waals surface area contributed by atoms with Crippen molar-refractivity contribution in [1.29, 1.82) is 0 Å². The van der Waals surface area contributed by atoms with E-state index in [0.717, 1.165) is 7.11 Å². The third-order valence-electron chi connectivity index (χ3n) is 3.75. The van der Waals surface area contributed by atoms with Gasteiger partial charge in [-0.1, -0.05) is 60.7 Å². The monoisotopic (exact) mass is 327 g/mol. The van der Waals surface area contributed by atoms with E-state index in [1.807, 2.05) is 0 Å². The summed E-state index contributed by atoms with van der Waals surface area (Å²) in [6.45, 7) is 0. The Hall–Kier alpha value is -3.02. The van der Waals surface area contributed by atoms with Crippen LogP contribution in [0.15, 0.2) is 60.7 Å². The van der Waals surface area contributed by atoms with Crippen LogP contribution in [0.1, 0.15) is 28.4 Å². The normalized spacial score (nSPS) is 12.9. The third-order valence-corrected chi connectivity index (χ3v) is 3.75.